The Bertz CT molecular complexity index is 967. The first-order valence-electron chi connectivity index (χ1n) is 7.43. The van der Waals surface area contributed by atoms with Gasteiger partial charge < -0.3 is 9.72 Å². The van der Waals surface area contributed by atoms with Crippen molar-refractivity contribution >= 4 is 21.8 Å². The van der Waals surface area contributed by atoms with Gasteiger partial charge in [-0.25, -0.2) is 0 Å². The molecule has 0 aliphatic carbocycles. The minimum Gasteiger partial charge on any atom is -0.496 e. The van der Waals surface area contributed by atoms with E-state index >= 15 is 0 Å². The van der Waals surface area contributed by atoms with Crippen LogP contribution in [-0.2, 0) is 0 Å². The van der Waals surface area contributed by atoms with E-state index in [1.54, 1.807) is 7.11 Å². The first kappa shape index (κ1) is 13.0. The van der Waals surface area contributed by atoms with Crippen LogP contribution in [0.4, 0.5) is 0 Å². The lowest BCUT2D eigenvalue weighted by atomic mass is 9.96. The number of rotatable bonds is 2. The summed E-state index contributed by atoms with van der Waals surface area (Å²) in [6.07, 6.45) is 0. The molecule has 3 aromatic carbocycles. The number of nitrogens with one attached hydrogen (secondary N) is 1. The van der Waals surface area contributed by atoms with E-state index in [-0.39, 0.29) is 0 Å². The molecular weight excluding hydrogens is 270 g/mol. The highest BCUT2D eigenvalue weighted by Crippen LogP contribution is 2.40. The summed E-state index contributed by atoms with van der Waals surface area (Å²) in [6, 6.07) is 21.0. The zero-order valence-electron chi connectivity index (χ0n) is 12.7. The van der Waals surface area contributed by atoms with Crippen molar-refractivity contribution in [2.45, 2.75) is 6.92 Å². The van der Waals surface area contributed by atoms with Gasteiger partial charge in [-0.15, -0.1) is 0 Å². The summed E-state index contributed by atoms with van der Waals surface area (Å²) < 4.78 is 5.62. The van der Waals surface area contributed by atoms with Crippen molar-refractivity contribution in [1.82, 2.24) is 4.98 Å². The third-order valence-electron chi connectivity index (χ3n) is 4.30. The van der Waals surface area contributed by atoms with Crippen molar-refractivity contribution in [2.75, 3.05) is 7.11 Å². The molecule has 0 fully saturated rings. The van der Waals surface area contributed by atoms with Gasteiger partial charge in [0.25, 0.3) is 0 Å². The first-order chi connectivity index (χ1) is 10.8. The Morgan fingerprint density at radius 3 is 2.36 bits per heavy atom. The summed E-state index contributed by atoms with van der Waals surface area (Å²) in [7, 11) is 1.73. The SMILES string of the molecule is COc1cc2c([nH]c3ccccc32)c(-c2ccccc2)c1C. The Morgan fingerprint density at radius 1 is 0.864 bits per heavy atom. The summed E-state index contributed by atoms with van der Waals surface area (Å²) in [5.41, 5.74) is 5.90. The zero-order valence-corrected chi connectivity index (χ0v) is 12.7. The molecule has 0 bridgehead atoms. The molecule has 0 radical (unpaired) electrons. The molecule has 0 saturated heterocycles. The number of fused-ring (bicyclic) bond motifs is 3. The molecule has 108 valence electrons. The van der Waals surface area contributed by atoms with Crippen molar-refractivity contribution in [3.8, 4) is 16.9 Å². The molecule has 0 saturated carbocycles. The van der Waals surface area contributed by atoms with Gasteiger partial charge in [0.15, 0.2) is 0 Å². The molecule has 4 rings (SSSR count). The van der Waals surface area contributed by atoms with Crippen LogP contribution in [0.1, 0.15) is 5.56 Å². The third kappa shape index (κ3) is 1.81. The molecule has 0 atom stereocenters. The van der Waals surface area contributed by atoms with Gasteiger partial charge in [0, 0.05) is 27.4 Å². The average Bonchev–Trinajstić information content (AvgIpc) is 2.93. The molecule has 0 amide bonds. The summed E-state index contributed by atoms with van der Waals surface area (Å²) in [5.74, 6) is 0.927. The predicted octanol–water partition coefficient (Wildman–Crippen LogP) is 5.31. The molecule has 0 spiro atoms. The second-order valence-corrected chi connectivity index (χ2v) is 5.54. The van der Waals surface area contributed by atoms with Crippen LogP contribution in [0.3, 0.4) is 0 Å². The quantitative estimate of drug-likeness (QED) is 0.531. The second-order valence-electron chi connectivity index (χ2n) is 5.54. The van der Waals surface area contributed by atoms with Gasteiger partial charge in [0.2, 0.25) is 0 Å². The Morgan fingerprint density at radius 2 is 1.59 bits per heavy atom. The van der Waals surface area contributed by atoms with E-state index in [2.05, 4.69) is 66.5 Å². The number of benzene rings is 3. The van der Waals surface area contributed by atoms with Crippen LogP contribution in [0.15, 0.2) is 60.7 Å². The third-order valence-corrected chi connectivity index (χ3v) is 4.30. The number of aromatic amines is 1. The fourth-order valence-electron chi connectivity index (χ4n) is 3.24. The average molecular weight is 287 g/mol. The lowest BCUT2D eigenvalue weighted by Gasteiger charge is -2.12. The first-order valence-corrected chi connectivity index (χ1v) is 7.43. The van der Waals surface area contributed by atoms with E-state index in [0.29, 0.717) is 0 Å². The summed E-state index contributed by atoms with van der Waals surface area (Å²) in [6.45, 7) is 2.12. The van der Waals surface area contributed by atoms with Crippen molar-refractivity contribution in [2.24, 2.45) is 0 Å². The summed E-state index contributed by atoms with van der Waals surface area (Å²) in [5, 5.41) is 2.44. The maximum absolute atomic E-state index is 5.62. The number of H-pyrrole nitrogens is 1. The Hall–Kier alpha value is -2.74. The molecule has 4 aromatic rings. The lowest BCUT2D eigenvalue weighted by Crippen LogP contribution is -1.92. The largest absolute Gasteiger partial charge is 0.496 e. The molecular formula is C20H17NO. The Balaban J connectivity index is 2.20. The van der Waals surface area contributed by atoms with Crippen LogP contribution in [0.25, 0.3) is 32.9 Å². The topological polar surface area (TPSA) is 25.0 Å². The van der Waals surface area contributed by atoms with Crippen molar-refractivity contribution in [3.63, 3.8) is 0 Å². The molecule has 2 nitrogen and oxygen atoms in total. The van der Waals surface area contributed by atoms with Gasteiger partial charge in [-0.2, -0.15) is 0 Å². The van der Waals surface area contributed by atoms with E-state index < -0.39 is 0 Å². The molecule has 1 heterocycles. The van der Waals surface area contributed by atoms with Gasteiger partial charge in [0.1, 0.15) is 5.75 Å². The lowest BCUT2D eigenvalue weighted by molar-refractivity contribution is 0.412. The summed E-state index contributed by atoms with van der Waals surface area (Å²) >= 11 is 0. The van der Waals surface area contributed by atoms with Crippen molar-refractivity contribution in [1.29, 1.82) is 0 Å². The molecule has 0 unspecified atom stereocenters. The van der Waals surface area contributed by atoms with Crippen LogP contribution in [-0.4, -0.2) is 12.1 Å². The van der Waals surface area contributed by atoms with Gasteiger partial charge in [-0.3, -0.25) is 0 Å². The highest BCUT2D eigenvalue weighted by molar-refractivity contribution is 6.13. The van der Waals surface area contributed by atoms with Crippen LogP contribution < -0.4 is 4.74 Å². The Kier molecular flexibility index (Phi) is 2.90. The molecule has 22 heavy (non-hydrogen) atoms. The fourth-order valence-corrected chi connectivity index (χ4v) is 3.24. The summed E-state index contributed by atoms with van der Waals surface area (Å²) in [4.78, 5) is 3.58. The number of methoxy groups -OCH3 is 1. The Labute approximate surface area is 129 Å². The molecule has 2 heteroatoms. The molecule has 0 aliphatic rings. The van der Waals surface area contributed by atoms with E-state index in [0.717, 1.165) is 16.8 Å². The van der Waals surface area contributed by atoms with Gasteiger partial charge in [-0.05, 0) is 24.6 Å². The standard InChI is InChI=1S/C20H17NO/c1-13-18(22-2)12-16-15-10-6-7-11-17(15)21-20(16)19(13)14-8-4-3-5-9-14/h3-12,21H,1-2H3. The van der Waals surface area contributed by atoms with Gasteiger partial charge in [-0.1, -0.05) is 48.5 Å². The van der Waals surface area contributed by atoms with E-state index in [9.17, 15) is 0 Å². The highest BCUT2D eigenvalue weighted by Gasteiger charge is 2.15. The predicted molar refractivity (Wildman–Crippen MR) is 92.5 cm³/mol. The monoisotopic (exact) mass is 287 g/mol. The van der Waals surface area contributed by atoms with Crippen LogP contribution in [0, 0.1) is 6.92 Å². The second kappa shape index (κ2) is 4.92. The van der Waals surface area contributed by atoms with E-state index in [1.807, 2.05) is 6.07 Å². The maximum Gasteiger partial charge on any atom is 0.123 e. The number of hydrogen-bond donors (Lipinski definition) is 1. The van der Waals surface area contributed by atoms with E-state index in [1.165, 1.54) is 27.4 Å². The van der Waals surface area contributed by atoms with Gasteiger partial charge in [0.05, 0.1) is 12.6 Å². The van der Waals surface area contributed by atoms with Crippen LogP contribution in [0.2, 0.25) is 0 Å². The molecule has 0 aliphatic heterocycles. The van der Waals surface area contributed by atoms with Gasteiger partial charge >= 0.3 is 0 Å². The highest BCUT2D eigenvalue weighted by atomic mass is 16.5. The molecule has 1 N–H and O–H groups in total. The van der Waals surface area contributed by atoms with Crippen LogP contribution in [0.5, 0.6) is 5.75 Å². The van der Waals surface area contributed by atoms with Crippen LogP contribution >= 0.6 is 0 Å². The minimum atomic E-state index is 0.927. The number of hydrogen-bond acceptors (Lipinski definition) is 1. The van der Waals surface area contributed by atoms with Crippen molar-refractivity contribution < 1.29 is 4.74 Å². The normalized spacial score (nSPS) is 11.2. The molecule has 1 aromatic heterocycles. The van der Waals surface area contributed by atoms with E-state index in [4.69, 9.17) is 4.74 Å². The minimum absolute atomic E-state index is 0.927. The maximum atomic E-state index is 5.62. The fraction of sp³-hybridized carbons (Fsp3) is 0.100. The van der Waals surface area contributed by atoms with Crippen molar-refractivity contribution in [3.05, 3.63) is 66.2 Å². The zero-order chi connectivity index (χ0) is 15.1. The number of para-hydroxylation sites is 1. The smallest absolute Gasteiger partial charge is 0.123 e. The number of ether oxygens (including phenoxy) is 1. The number of aromatic nitrogens is 1.